The molecule has 0 saturated heterocycles. The summed E-state index contributed by atoms with van der Waals surface area (Å²) in [6.45, 7) is 25.4. The van der Waals surface area contributed by atoms with Crippen LogP contribution in [0.1, 0.15) is 244 Å². The van der Waals surface area contributed by atoms with Crippen LogP contribution in [0, 0.1) is 41.5 Å². The molecular formula is C111H111N21O6. The van der Waals surface area contributed by atoms with Gasteiger partial charge in [0.1, 0.15) is 34.2 Å². The summed E-state index contributed by atoms with van der Waals surface area (Å²) in [6.07, 6.45) is 20.4. The summed E-state index contributed by atoms with van der Waals surface area (Å²) >= 11 is 0. The first kappa shape index (κ1) is 94.5. The predicted molar refractivity (Wildman–Crippen MR) is 557 cm³/mol. The second-order valence-electron chi connectivity index (χ2n) is 34.2. The highest BCUT2D eigenvalue weighted by atomic mass is 16.2. The van der Waals surface area contributed by atoms with E-state index in [2.05, 4.69) is 160 Å². The summed E-state index contributed by atoms with van der Waals surface area (Å²) in [5, 5.41) is 18.1. The van der Waals surface area contributed by atoms with E-state index in [1.165, 1.54) is 0 Å². The Morgan fingerprint density at radius 3 is 0.486 bits per heavy atom. The molecule has 27 nitrogen and oxygen atoms in total. The van der Waals surface area contributed by atoms with Crippen LogP contribution in [0.2, 0.25) is 0 Å². The molecule has 696 valence electrons. The van der Waals surface area contributed by atoms with E-state index in [4.69, 9.17) is 30.0 Å². The van der Waals surface area contributed by atoms with Gasteiger partial charge in [-0.3, -0.25) is 58.7 Å². The van der Waals surface area contributed by atoms with Crippen molar-refractivity contribution >= 4 is 141 Å². The molecule has 15 aromatic rings. The Balaban J connectivity index is 0.711. The topological polar surface area (TPSA) is 382 Å². The molecule has 138 heavy (non-hydrogen) atoms. The lowest BCUT2D eigenvalue weighted by Gasteiger charge is -2.10. The van der Waals surface area contributed by atoms with Gasteiger partial charge in [-0.2, -0.15) is 0 Å². The largest absolute Gasteiger partial charge is 0.352 e. The molecule has 0 radical (unpaired) electrons. The number of nitrogens with one attached hydrogen (secondary N) is 12. The van der Waals surface area contributed by atoms with Crippen LogP contribution in [0.4, 0.5) is 68.2 Å². The second-order valence-corrected chi connectivity index (χ2v) is 34.2. The summed E-state index contributed by atoms with van der Waals surface area (Å²) in [5.74, 6) is -3.29. The highest BCUT2D eigenvalue weighted by molar-refractivity contribution is 6.12. The number of carbonyl (C=O) groups is 6. The molecule has 0 spiro atoms. The van der Waals surface area contributed by atoms with Crippen LogP contribution >= 0.6 is 0 Å². The quantitative estimate of drug-likeness (QED) is 0.0552. The zero-order valence-electron chi connectivity index (χ0n) is 79.5. The number of aliphatic imine (C=N–C) groups is 6. The molecule has 0 atom stereocenters. The Morgan fingerprint density at radius 1 is 0.196 bits per heavy atom. The Hall–Kier alpha value is -16.7. The maximum absolute atomic E-state index is 14.3. The van der Waals surface area contributed by atoms with Crippen molar-refractivity contribution in [2.45, 2.75) is 160 Å². The molecule has 0 fully saturated rings. The van der Waals surface area contributed by atoms with Crippen molar-refractivity contribution in [3.05, 3.63) is 335 Å². The van der Waals surface area contributed by atoms with E-state index in [9.17, 15) is 28.8 Å². The summed E-state index contributed by atoms with van der Waals surface area (Å²) in [5.41, 5.74) is 28.5. The summed E-state index contributed by atoms with van der Waals surface area (Å²) in [6, 6.07) is 57.6. The Kier molecular flexibility index (Phi) is 29.5. The Bertz CT molecular complexity index is 6260. The van der Waals surface area contributed by atoms with E-state index in [1.807, 2.05) is 109 Å². The molecule has 10 heterocycles. The number of hydrogen-bond donors (Lipinski definition) is 12. The van der Waals surface area contributed by atoms with Crippen LogP contribution in [0.3, 0.4) is 0 Å². The van der Waals surface area contributed by atoms with Gasteiger partial charge in [0, 0.05) is 0 Å². The number of benzene rings is 6. The van der Waals surface area contributed by atoms with Gasteiger partial charge in [-0.05, 0) is 256 Å². The average Bonchev–Trinajstić information content (AvgIpc) is 1.62. The number of amides is 6. The highest BCUT2D eigenvalue weighted by Crippen LogP contribution is 2.41. The smallest absolute Gasteiger partial charge is 0.274 e. The number of pyridine rings is 3. The first-order chi connectivity index (χ1) is 67.1. The van der Waals surface area contributed by atoms with Crippen LogP contribution in [-0.2, 0) is 38.5 Å². The number of nitrogens with zero attached hydrogens (tertiary/aromatic N) is 9. The van der Waals surface area contributed by atoms with Crippen molar-refractivity contribution in [1.29, 1.82) is 0 Å². The predicted octanol–water partition coefficient (Wildman–Crippen LogP) is 24.7. The van der Waals surface area contributed by atoms with Gasteiger partial charge >= 0.3 is 0 Å². The van der Waals surface area contributed by atoms with E-state index < -0.39 is 35.4 Å². The van der Waals surface area contributed by atoms with Gasteiger partial charge in [0.15, 0.2) is 0 Å². The van der Waals surface area contributed by atoms with Gasteiger partial charge in [0.25, 0.3) is 35.4 Å². The number of carbonyl (C=O) groups excluding carboxylic acids is 6. The van der Waals surface area contributed by atoms with E-state index in [0.717, 1.165) is 212 Å². The maximum Gasteiger partial charge on any atom is 0.274 e. The number of para-hydroxylation sites is 12. The Labute approximate surface area is 801 Å². The number of aromatic amines is 6. The third-order valence-corrected chi connectivity index (χ3v) is 24.8. The number of aromatic nitrogens is 9. The van der Waals surface area contributed by atoms with E-state index in [-0.39, 0.29) is 34.2 Å². The van der Waals surface area contributed by atoms with Crippen LogP contribution in [0.25, 0.3) is 34.2 Å². The summed E-state index contributed by atoms with van der Waals surface area (Å²) < 4.78 is 0. The monoisotopic (exact) mass is 1830 g/mol. The molecule has 18 bridgehead atoms. The van der Waals surface area contributed by atoms with Crippen molar-refractivity contribution in [1.82, 2.24) is 44.9 Å². The van der Waals surface area contributed by atoms with Crippen molar-refractivity contribution < 1.29 is 28.8 Å². The molecule has 16 rings (SSSR count). The molecule has 0 aliphatic carbocycles. The molecule has 27 heteroatoms. The number of anilines is 6. The molecule has 0 unspecified atom stereocenters. The lowest BCUT2D eigenvalue weighted by Crippen LogP contribution is -2.18. The fourth-order valence-electron chi connectivity index (χ4n) is 17.7. The van der Waals surface area contributed by atoms with Gasteiger partial charge in [0.2, 0.25) is 0 Å². The molecule has 12 N–H and O–H groups in total. The Morgan fingerprint density at radius 2 is 0.341 bits per heavy atom. The highest BCUT2D eigenvalue weighted by Gasteiger charge is 2.28. The standard InChI is InChI=1S/C111H111N21O6/c1-13-34-70-64(7)100-101-65(8)71(35-14-2)95(122-101)59-113-77-41-20-26-47-83(77)128-108(135)90-54-32-55-91(119-90)109(136)130-85-49-28-22-43-79(85)115-61-97-74(38-17-5)68(11)104(125-97)105-69(12)75(39-18-6)99(126-105)63-117-81-45-24-30-51-87(81)132-111(138)93-57-33-56-92(120-93)110(137)131-86-50-29-23-44-80(86)116-62-98-73(37-16-4)67(10)103(124-98)102-66(9)72(36-15-3)96(123-102)60-114-78-42-21-27-48-84(78)129-107(134)89-53-31-52-88(118-89)106(133)127-82-46-25-19-40-76(82)112-58-94(70)121-100/h19-33,40-63,121-126H,13-18,34-39H2,1-12H3,(H,127,133)(H,128,135)(H,129,134)(H,130,136)(H,131,137)(H,132,138). The number of H-pyrrole nitrogens is 6. The zero-order chi connectivity index (χ0) is 96.6. The van der Waals surface area contributed by atoms with Crippen LogP contribution in [-0.4, -0.2) is 118 Å². The second kappa shape index (κ2) is 43.1. The van der Waals surface area contributed by atoms with Crippen molar-refractivity contribution in [2.75, 3.05) is 31.9 Å². The summed E-state index contributed by atoms with van der Waals surface area (Å²) in [4.78, 5) is 152. The third kappa shape index (κ3) is 20.8. The fraction of sp³-hybridized carbons (Fsp3) is 0.216. The maximum atomic E-state index is 14.3. The van der Waals surface area contributed by atoms with E-state index in [0.29, 0.717) is 68.2 Å². The van der Waals surface area contributed by atoms with Crippen LogP contribution in [0.5, 0.6) is 0 Å². The minimum Gasteiger partial charge on any atom is -0.352 e. The minimum atomic E-state index is -0.549. The molecule has 1 aliphatic rings. The summed E-state index contributed by atoms with van der Waals surface area (Å²) in [7, 11) is 0. The molecular weight excluding hydrogens is 1720 g/mol. The van der Waals surface area contributed by atoms with Gasteiger partial charge in [-0.25, -0.2) is 15.0 Å². The molecule has 1 aliphatic heterocycles. The lowest BCUT2D eigenvalue weighted by molar-refractivity contribution is 0.0998. The first-order valence-electron chi connectivity index (χ1n) is 47.0. The van der Waals surface area contributed by atoms with Crippen molar-refractivity contribution in [3.8, 4) is 34.2 Å². The first-order valence-corrected chi connectivity index (χ1v) is 47.0. The van der Waals surface area contributed by atoms with Gasteiger partial charge < -0.3 is 61.8 Å². The molecule has 6 aromatic carbocycles. The number of hydrogen-bond acceptors (Lipinski definition) is 15. The van der Waals surface area contributed by atoms with E-state index >= 15 is 0 Å². The van der Waals surface area contributed by atoms with Gasteiger partial charge in [-0.1, -0.05) is 171 Å². The van der Waals surface area contributed by atoms with E-state index in [1.54, 1.807) is 128 Å². The lowest BCUT2D eigenvalue weighted by atomic mass is 10.0. The molecule has 0 saturated carbocycles. The molecule has 6 amide bonds. The van der Waals surface area contributed by atoms with Crippen LogP contribution < -0.4 is 31.9 Å². The SMILES string of the molecule is CCCc1c2[nH]c(c1C)-c1[nH]c(c(CCC)c1C)C=Nc1ccccc1NC(=O)c1cccc(n1)C(=O)Nc1ccccc1N=Cc1[nH]c(c(C)c1CCC)-c1[nH]c(c(CCC)c1C)C=Nc1ccccc1NC(=O)c1cccc(n1)C(=O)Nc1ccccc1N=Cc1[nH]c(c(C)c1CCC)-c1[nH]c(c(CCC)c1C)C=Nc1ccccc1NC(=O)c1cccc(n1)C(=O)Nc1ccccc1N=C2. The third-order valence-electron chi connectivity index (χ3n) is 24.8. The fourth-order valence-corrected chi connectivity index (χ4v) is 17.7. The number of rotatable bonds is 12. The molecule has 9 aromatic heterocycles. The van der Waals surface area contributed by atoms with Gasteiger partial charge in [0.05, 0.1) is 174 Å². The number of fused-ring (bicyclic) bond motifs is 27. The van der Waals surface area contributed by atoms with Gasteiger partial charge in [-0.15, -0.1) is 0 Å². The van der Waals surface area contributed by atoms with Crippen molar-refractivity contribution in [3.63, 3.8) is 0 Å². The van der Waals surface area contributed by atoms with Crippen molar-refractivity contribution in [2.24, 2.45) is 30.0 Å². The normalized spacial score (nSPS) is 13.0. The average molecular weight is 1840 g/mol. The minimum absolute atomic E-state index is 0.00862. The van der Waals surface area contributed by atoms with Crippen LogP contribution in [0.15, 0.2) is 230 Å². The zero-order valence-corrected chi connectivity index (χ0v) is 79.5.